The van der Waals surface area contributed by atoms with Gasteiger partial charge in [0.05, 0.1) is 11.7 Å². The molecule has 17 heavy (non-hydrogen) atoms. The lowest BCUT2D eigenvalue weighted by atomic mass is 10.1. The molecule has 0 radical (unpaired) electrons. The van der Waals surface area contributed by atoms with E-state index >= 15 is 0 Å². The van der Waals surface area contributed by atoms with E-state index in [0.717, 1.165) is 31.1 Å². The number of carbonyl (C=O) groups excluding carboxylic acids is 1. The number of anilines is 1. The molecule has 2 aliphatic heterocycles. The molecule has 1 unspecified atom stereocenters. The van der Waals surface area contributed by atoms with Gasteiger partial charge in [0, 0.05) is 25.2 Å². The first-order valence-corrected chi connectivity index (χ1v) is 5.80. The Morgan fingerprint density at radius 1 is 1.53 bits per heavy atom. The highest BCUT2D eigenvalue weighted by Crippen LogP contribution is 2.34. The molecule has 1 aromatic carbocycles. The number of rotatable bonds is 1. The number of ether oxygens (including phenoxy) is 1. The summed E-state index contributed by atoms with van der Waals surface area (Å²) in [6.45, 7) is 3.55. The number of nitrogens with two attached hydrogens (primary N) is 1. The molecule has 2 heterocycles. The minimum Gasteiger partial charge on any atom is -0.489 e. The number of hydrogen-bond acceptors (Lipinski definition) is 4. The molecule has 1 atom stereocenters. The highest BCUT2D eigenvalue weighted by atomic mass is 16.5. The number of benzene rings is 1. The minimum absolute atomic E-state index is 0.385. The van der Waals surface area contributed by atoms with Crippen LogP contribution in [0.1, 0.15) is 10.4 Å². The van der Waals surface area contributed by atoms with Crippen LogP contribution in [0.5, 0.6) is 5.75 Å². The summed E-state index contributed by atoms with van der Waals surface area (Å²) in [6, 6.07) is 5.80. The van der Waals surface area contributed by atoms with Gasteiger partial charge < -0.3 is 20.7 Å². The maximum Gasteiger partial charge on any atom is 0.248 e. The van der Waals surface area contributed by atoms with E-state index in [0.29, 0.717) is 18.2 Å². The lowest BCUT2D eigenvalue weighted by Gasteiger charge is -2.41. The standard InChI is InChI=1S/C12H15N3O2/c13-12(16)8-1-2-10-11(5-8)17-7-9-6-14-3-4-15(9)10/h1-2,5,9,14H,3-4,6-7H2,(H2,13,16). The highest BCUT2D eigenvalue weighted by molar-refractivity contribution is 5.94. The van der Waals surface area contributed by atoms with Gasteiger partial charge in [-0.3, -0.25) is 4.79 Å². The summed E-state index contributed by atoms with van der Waals surface area (Å²) in [5, 5.41) is 3.35. The minimum atomic E-state index is -0.418. The van der Waals surface area contributed by atoms with Crippen molar-refractivity contribution in [3.05, 3.63) is 23.8 Å². The lowest BCUT2D eigenvalue weighted by Crippen LogP contribution is -2.55. The van der Waals surface area contributed by atoms with Crippen molar-refractivity contribution < 1.29 is 9.53 Å². The average molecular weight is 233 g/mol. The number of fused-ring (bicyclic) bond motifs is 3. The van der Waals surface area contributed by atoms with Crippen molar-refractivity contribution >= 4 is 11.6 Å². The van der Waals surface area contributed by atoms with Crippen LogP contribution in [0.4, 0.5) is 5.69 Å². The summed E-state index contributed by atoms with van der Waals surface area (Å²) in [4.78, 5) is 13.4. The summed E-state index contributed by atoms with van der Waals surface area (Å²) >= 11 is 0. The Labute approximate surface area is 99.5 Å². The Kier molecular flexibility index (Phi) is 2.40. The molecule has 5 nitrogen and oxygen atoms in total. The molecule has 0 bridgehead atoms. The zero-order valence-corrected chi connectivity index (χ0v) is 9.48. The van der Waals surface area contributed by atoms with Crippen LogP contribution in [0, 0.1) is 0 Å². The van der Waals surface area contributed by atoms with Crippen LogP contribution in [0.2, 0.25) is 0 Å². The first kappa shape index (κ1) is 10.4. The van der Waals surface area contributed by atoms with Crippen molar-refractivity contribution in [2.24, 2.45) is 5.73 Å². The van der Waals surface area contributed by atoms with Crippen LogP contribution in [0.25, 0.3) is 0 Å². The molecule has 0 saturated carbocycles. The average Bonchev–Trinajstić information content (AvgIpc) is 2.38. The molecule has 1 saturated heterocycles. The number of nitrogens with zero attached hydrogens (tertiary/aromatic N) is 1. The molecule has 90 valence electrons. The predicted octanol–water partition coefficient (Wildman–Crippen LogP) is -0.0439. The molecule has 1 fully saturated rings. The van der Waals surface area contributed by atoms with E-state index in [1.54, 1.807) is 12.1 Å². The van der Waals surface area contributed by atoms with E-state index in [1.807, 2.05) is 6.07 Å². The number of primary amides is 1. The monoisotopic (exact) mass is 233 g/mol. The van der Waals surface area contributed by atoms with Gasteiger partial charge in [-0.25, -0.2) is 0 Å². The second-order valence-corrected chi connectivity index (χ2v) is 4.41. The van der Waals surface area contributed by atoms with Crippen LogP contribution >= 0.6 is 0 Å². The first-order chi connectivity index (χ1) is 8.25. The quantitative estimate of drug-likeness (QED) is 0.714. The summed E-state index contributed by atoms with van der Waals surface area (Å²) < 4.78 is 5.69. The van der Waals surface area contributed by atoms with E-state index in [9.17, 15) is 4.79 Å². The predicted molar refractivity (Wildman–Crippen MR) is 64.5 cm³/mol. The van der Waals surface area contributed by atoms with E-state index in [4.69, 9.17) is 10.5 Å². The Balaban J connectivity index is 1.97. The van der Waals surface area contributed by atoms with Crippen molar-refractivity contribution in [1.29, 1.82) is 0 Å². The van der Waals surface area contributed by atoms with Crippen LogP contribution in [-0.4, -0.2) is 38.2 Å². The Morgan fingerprint density at radius 2 is 2.41 bits per heavy atom. The van der Waals surface area contributed by atoms with Gasteiger partial charge in [-0.1, -0.05) is 0 Å². The van der Waals surface area contributed by atoms with Crippen LogP contribution in [0.3, 0.4) is 0 Å². The molecular weight excluding hydrogens is 218 g/mol. The normalized spacial score (nSPS) is 22.4. The zero-order chi connectivity index (χ0) is 11.8. The highest BCUT2D eigenvalue weighted by Gasteiger charge is 2.29. The van der Waals surface area contributed by atoms with Crippen molar-refractivity contribution in [2.75, 3.05) is 31.1 Å². The van der Waals surface area contributed by atoms with Gasteiger partial charge in [0.2, 0.25) is 5.91 Å². The Bertz CT molecular complexity index is 461. The molecule has 5 heteroatoms. The van der Waals surface area contributed by atoms with Gasteiger partial charge in [0.25, 0.3) is 0 Å². The largest absolute Gasteiger partial charge is 0.489 e. The number of nitrogens with one attached hydrogen (secondary N) is 1. The molecule has 2 aliphatic rings. The smallest absolute Gasteiger partial charge is 0.248 e. The summed E-state index contributed by atoms with van der Waals surface area (Å²) in [5.74, 6) is 0.346. The van der Waals surface area contributed by atoms with Crippen molar-refractivity contribution in [3.8, 4) is 5.75 Å². The van der Waals surface area contributed by atoms with E-state index in [2.05, 4.69) is 10.2 Å². The SMILES string of the molecule is NC(=O)c1ccc2c(c1)OCC1CNCCN21. The fourth-order valence-corrected chi connectivity index (χ4v) is 2.43. The second-order valence-electron chi connectivity index (χ2n) is 4.41. The van der Waals surface area contributed by atoms with Gasteiger partial charge in [0.1, 0.15) is 12.4 Å². The third kappa shape index (κ3) is 1.72. The van der Waals surface area contributed by atoms with Gasteiger partial charge >= 0.3 is 0 Å². The van der Waals surface area contributed by atoms with Crippen molar-refractivity contribution in [1.82, 2.24) is 5.32 Å². The van der Waals surface area contributed by atoms with Gasteiger partial charge in [-0.15, -0.1) is 0 Å². The molecule has 3 N–H and O–H groups in total. The molecule has 0 aliphatic carbocycles. The maximum atomic E-state index is 11.1. The van der Waals surface area contributed by atoms with E-state index < -0.39 is 5.91 Å². The van der Waals surface area contributed by atoms with Crippen molar-refractivity contribution in [2.45, 2.75) is 6.04 Å². The molecule has 1 amide bonds. The fourth-order valence-electron chi connectivity index (χ4n) is 2.43. The number of amides is 1. The van der Waals surface area contributed by atoms with E-state index in [-0.39, 0.29) is 0 Å². The Hall–Kier alpha value is -1.75. The van der Waals surface area contributed by atoms with Gasteiger partial charge in [-0.05, 0) is 18.2 Å². The zero-order valence-electron chi connectivity index (χ0n) is 9.48. The number of hydrogen-bond donors (Lipinski definition) is 2. The third-order valence-electron chi connectivity index (χ3n) is 3.34. The summed E-state index contributed by atoms with van der Waals surface area (Å²) in [7, 11) is 0. The Morgan fingerprint density at radius 3 is 3.24 bits per heavy atom. The molecule has 0 spiro atoms. The van der Waals surface area contributed by atoms with Crippen LogP contribution in [0.15, 0.2) is 18.2 Å². The molecule has 1 aromatic rings. The number of piperazine rings is 1. The molecule has 3 rings (SSSR count). The number of carbonyl (C=O) groups is 1. The summed E-state index contributed by atoms with van der Waals surface area (Å²) in [6.07, 6.45) is 0. The van der Waals surface area contributed by atoms with Gasteiger partial charge in [-0.2, -0.15) is 0 Å². The van der Waals surface area contributed by atoms with Crippen LogP contribution < -0.4 is 20.7 Å². The second kappa shape index (κ2) is 3.92. The summed E-state index contributed by atoms with van der Waals surface area (Å²) in [5.41, 5.74) is 6.82. The lowest BCUT2D eigenvalue weighted by molar-refractivity contribution is 0.0999. The van der Waals surface area contributed by atoms with E-state index in [1.165, 1.54) is 0 Å². The maximum absolute atomic E-state index is 11.1. The fraction of sp³-hybridized carbons (Fsp3) is 0.417. The molecular formula is C12H15N3O2. The van der Waals surface area contributed by atoms with Crippen LogP contribution in [-0.2, 0) is 0 Å². The molecule has 0 aromatic heterocycles. The van der Waals surface area contributed by atoms with Crippen molar-refractivity contribution in [3.63, 3.8) is 0 Å². The first-order valence-electron chi connectivity index (χ1n) is 5.80. The van der Waals surface area contributed by atoms with Gasteiger partial charge in [0.15, 0.2) is 0 Å². The third-order valence-corrected chi connectivity index (χ3v) is 3.34. The topological polar surface area (TPSA) is 67.6 Å².